The first-order chi connectivity index (χ1) is 17.1. The molecule has 0 aliphatic carbocycles. The molecule has 0 fully saturated rings. The summed E-state index contributed by atoms with van der Waals surface area (Å²) in [5.41, 5.74) is 6.67. The summed E-state index contributed by atoms with van der Waals surface area (Å²) in [5.74, 6) is 0.450. The highest BCUT2D eigenvalue weighted by Crippen LogP contribution is 2.42. The molecule has 0 bridgehead atoms. The minimum absolute atomic E-state index is 0.0734. The molecule has 196 valence electrons. The minimum Gasteiger partial charge on any atom is -0.508 e. The SMILES string of the molecule is Cc1cc(C(C)(C)C)c(O)c(Cc2cc(C(C)(C)CC(C)(C)C)ccc2O)c1-n1nc2ccccc2n1. The van der Waals surface area contributed by atoms with Gasteiger partial charge in [-0.05, 0) is 76.1 Å². The normalized spacial score (nSPS) is 12.9. The van der Waals surface area contributed by atoms with Gasteiger partial charge in [0.05, 0.1) is 5.69 Å². The average Bonchev–Trinajstić information content (AvgIpc) is 3.18. The Hall–Kier alpha value is -3.34. The third-order valence-corrected chi connectivity index (χ3v) is 7.06. The lowest BCUT2D eigenvalue weighted by Crippen LogP contribution is -2.25. The summed E-state index contributed by atoms with van der Waals surface area (Å²) in [6, 6.07) is 15.7. The third kappa shape index (κ3) is 5.51. The van der Waals surface area contributed by atoms with Gasteiger partial charge in [-0.1, -0.05) is 79.7 Å². The van der Waals surface area contributed by atoms with Crippen molar-refractivity contribution >= 4 is 11.0 Å². The summed E-state index contributed by atoms with van der Waals surface area (Å²) in [6.45, 7) is 19.6. The minimum atomic E-state index is -0.261. The van der Waals surface area contributed by atoms with Crippen LogP contribution in [0.4, 0.5) is 0 Å². The standard InChI is InChI=1S/C32H41N3O2/c1-20-16-24(31(5,6)7)29(37)23(28(20)35-33-25-12-10-11-13-26(25)34-35)18-21-17-22(14-15-27(21)36)32(8,9)19-30(2,3)4/h10-17,36-37H,18-19H2,1-9H3. The lowest BCUT2D eigenvalue weighted by molar-refractivity contribution is 0.284. The first-order valence-corrected chi connectivity index (χ1v) is 13.1. The van der Waals surface area contributed by atoms with Crippen LogP contribution >= 0.6 is 0 Å². The lowest BCUT2D eigenvalue weighted by Gasteiger charge is -2.33. The van der Waals surface area contributed by atoms with E-state index in [0.29, 0.717) is 12.0 Å². The van der Waals surface area contributed by atoms with E-state index in [0.717, 1.165) is 39.8 Å². The Balaban J connectivity index is 1.91. The fraction of sp³-hybridized carbons (Fsp3) is 0.438. The van der Waals surface area contributed by atoms with Gasteiger partial charge in [-0.2, -0.15) is 0 Å². The number of fused-ring (bicyclic) bond motifs is 1. The predicted octanol–water partition coefficient (Wildman–Crippen LogP) is 7.74. The van der Waals surface area contributed by atoms with Crippen molar-refractivity contribution in [2.75, 3.05) is 0 Å². The van der Waals surface area contributed by atoms with Crippen LogP contribution < -0.4 is 0 Å². The van der Waals surface area contributed by atoms with Crippen molar-refractivity contribution in [3.63, 3.8) is 0 Å². The lowest BCUT2D eigenvalue weighted by atomic mass is 9.72. The molecule has 0 unspecified atom stereocenters. The summed E-state index contributed by atoms with van der Waals surface area (Å²) in [6.07, 6.45) is 1.36. The van der Waals surface area contributed by atoms with Crippen LogP contribution in [-0.4, -0.2) is 25.2 Å². The molecule has 0 aliphatic heterocycles. The van der Waals surface area contributed by atoms with E-state index in [4.69, 9.17) is 10.2 Å². The van der Waals surface area contributed by atoms with Crippen LogP contribution in [-0.2, 0) is 17.3 Å². The van der Waals surface area contributed by atoms with Gasteiger partial charge in [0, 0.05) is 12.0 Å². The Morgan fingerprint density at radius 1 is 0.811 bits per heavy atom. The van der Waals surface area contributed by atoms with E-state index in [9.17, 15) is 10.2 Å². The van der Waals surface area contributed by atoms with E-state index in [1.165, 1.54) is 5.56 Å². The number of phenols is 2. The van der Waals surface area contributed by atoms with Crippen molar-refractivity contribution in [3.8, 4) is 17.2 Å². The van der Waals surface area contributed by atoms with E-state index in [1.807, 2.05) is 43.3 Å². The molecule has 0 atom stereocenters. The molecule has 0 aliphatic rings. The van der Waals surface area contributed by atoms with Gasteiger partial charge in [0.1, 0.15) is 22.5 Å². The highest BCUT2D eigenvalue weighted by Gasteiger charge is 2.29. The van der Waals surface area contributed by atoms with Crippen LogP contribution in [0.25, 0.3) is 16.7 Å². The maximum atomic E-state index is 11.6. The van der Waals surface area contributed by atoms with Crippen molar-refractivity contribution in [2.45, 2.75) is 86.0 Å². The smallest absolute Gasteiger partial charge is 0.125 e. The van der Waals surface area contributed by atoms with E-state index in [1.54, 1.807) is 10.9 Å². The summed E-state index contributed by atoms with van der Waals surface area (Å²) in [5, 5.41) is 32.1. The highest BCUT2D eigenvalue weighted by atomic mass is 16.3. The Morgan fingerprint density at radius 2 is 1.41 bits per heavy atom. The number of rotatable bonds is 5. The number of aryl methyl sites for hydroxylation is 1. The molecule has 0 amide bonds. The van der Waals surface area contributed by atoms with Crippen LogP contribution in [0.3, 0.4) is 0 Å². The zero-order valence-electron chi connectivity index (χ0n) is 23.8. The molecule has 0 saturated heterocycles. The average molecular weight is 500 g/mol. The number of hydrogen-bond donors (Lipinski definition) is 2. The largest absolute Gasteiger partial charge is 0.508 e. The van der Waals surface area contributed by atoms with Gasteiger partial charge >= 0.3 is 0 Å². The maximum absolute atomic E-state index is 11.6. The molecular weight excluding hydrogens is 458 g/mol. The molecule has 5 nitrogen and oxygen atoms in total. The Morgan fingerprint density at radius 3 is 1.95 bits per heavy atom. The molecule has 4 aromatic rings. The molecule has 3 aromatic carbocycles. The first kappa shape index (κ1) is 26.7. The van der Waals surface area contributed by atoms with Crippen LogP contribution in [0.15, 0.2) is 48.5 Å². The number of benzene rings is 3. The molecule has 37 heavy (non-hydrogen) atoms. The molecule has 0 radical (unpaired) electrons. The third-order valence-electron chi connectivity index (χ3n) is 7.06. The van der Waals surface area contributed by atoms with Crippen LogP contribution in [0, 0.1) is 12.3 Å². The van der Waals surface area contributed by atoms with Gasteiger partial charge in [0.15, 0.2) is 0 Å². The van der Waals surface area contributed by atoms with Crippen molar-refractivity contribution in [2.24, 2.45) is 5.41 Å². The maximum Gasteiger partial charge on any atom is 0.125 e. The fourth-order valence-corrected chi connectivity index (χ4v) is 5.61. The van der Waals surface area contributed by atoms with Crippen molar-refractivity contribution < 1.29 is 10.2 Å². The van der Waals surface area contributed by atoms with Crippen LogP contribution in [0.1, 0.15) is 89.6 Å². The second-order valence-corrected chi connectivity index (χ2v) is 13.3. The van der Waals surface area contributed by atoms with Gasteiger partial charge in [0.25, 0.3) is 0 Å². The number of aromatic hydroxyl groups is 2. The highest BCUT2D eigenvalue weighted by molar-refractivity contribution is 5.74. The zero-order valence-corrected chi connectivity index (χ0v) is 23.8. The second-order valence-electron chi connectivity index (χ2n) is 13.3. The predicted molar refractivity (Wildman–Crippen MR) is 152 cm³/mol. The second kappa shape index (κ2) is 9.20. The van der Waals surface area contributed by atoms with Gasteiger partial charge < -0.3 is 10.2 Å². The molecule has 0 spiro atoms. The number of hydrogen-bond acceptors (Lipinski definition) is 4. The Kier molecular flexibility index (Phi) is 6.64. The van der Waals surface area contributed by atoms with E-state index < -0.39 is 0 Å². The van der Waals surface area contributed by atoms with Crippen molar-refractivity contribution in [1.29, 1.82) is 0 Å². The Bertz CT molecular complexity index is 1420. The summed E-state index contributed by atoms with van der Waals surface area (Å²) >= 11 is 0. The molecule has 0 saturated carbocycles. The van der Waals surface area contributed by atoms with E-state index >= 15 is 0 Å². The van der Waals surface area contributed by atoms with Crippen molar-refractivity contribution in [1.82, 2.24) is 15.0 Å². The first-order valence-electron chi connectivity index (χ1n) is 13.1. The van der Waals surface area contributed by atoms with Gasteiger partial charge in [-0.25, -0.2) is 0 Å². The van der Waals surface area contributed by atoms with Crippen LogP contribution in [0.2, 0.25) is 0 Å². The van der Waals surface area contributed by atoms with Crippen LogP contribution in [0.5, 0.6) is 11.5 Å². The van der Waals surface area contributed by atoms with E-state index in [-0.39, 0.29) is 27.7 Å². The monoisotopic (exact) mass is 499 g/mol. The molecule has 5 heteroatoms. The summed E-state index contributed by atoms with van der Waals surface area (Å²) < 4.78 is 0. The molecule has 1 aromatic heterocycles. The molecular formula is C32H41N3O2. The number of nitrogens with zero attached hydrogens (tertiary/aromatic N) is 3. The van der Waals surface area contributed by atoms with Crippen molar-refractivity contribution in [3.05, 3.63) is 76.3 Å². The Labute approximate surface area is 221 Å². The van der Waals surface area contributed by atoms with Gasteiger partial charge in [-0.3, -0.25) is 0 Å². The molecule has 1 heterocycles. The number of phenolic OH excluding ortho intramolecular Hbond substituents is 2. The van der Waals surface area contributed by atoms with Gasteiger partial charge in [0.2, 0.25) is 0 Å². The number of aromatic nitrogens is 3. The molecule has 2 N–H and O–H groups in total. The fourth-order valence-electron chi connectivity index (χ4n) is 5.61. The van der Waals surface area contributed by atoms with E-state index in [2.05, 4.69) is 61.5 Å². The van der Waals surface area contributed by atoms with Gasteiger partial charge in [-0.15, -0.1) is 15.0 Å². The zero-order chi connectivity index (χ0) is 27.3. The molecule has 4 rings (SSSR count). The summed E-state index contributed by atoms with van der Waals surface area (Å²) in [7, 11) is 0. The topological polar surface area (TPSA) is 71.2 Å². The quantitative estimate of drug-likeness (QED) is 0.295. The summed E-state index contributed by atoms with van der Waals surface area (Å²) in [4.78, 5) is 1.63.